The molecule has 0 saturated carbocycles. The minimum Gasteiger partial charge on any atom is -0.381 e. The van der Waals surface area contributed by atoms with Crippen LogP contribution < -0.4 is 5.32 Å². The second-order valence-corrected chi connectivity index (χ2v) is 3.96. The molecule has 1 rings (SSSR count). The number of anilines is 1. The van der Waals surface area contributed by atoms with Crippen molar-refractivity contribution in [3.8, 4) is 0 Å². The second-order valence-electron chi connectivity index (χ2n) is 3.56. The number of rotatable bonds is 6. The highest BCUT2D eigenvalue weighted by Crippen LogP contribution is 2.21. The van der Waals surface area contributed by atoms with Gasteiger partial charge >= 0.3 is 0 Å². The summed E-state index contributed by atoms with van der Waals surface area (Å²) in [5.41, 5.74) is 0.472. The molecule has 4 heteroatoms. The standard InChI is InChI=1S/C12H18ClFN2/c1-3-16(4-2)9-8-15-11-7-5-6-10(13)12(11)14/h5-7,15H,3-4,8-9H2,1-2H3. The minimum absolute atomic E-state index is 0.160. The van der Waals surface area contributed by atoms with Gasteiger partial charge in [0.05, 0.1) is 10.7 Å². The number of nitrogens with one attached hydrogen (secondary N) is 1. The maximum atomic E-state index is 13.5. The van der Waals surface area contributed by atoms with Crippen molar-refractivity contribution < 1.29 is 4.39 Å². The van der Waals surface area contributed by atoms with Gasteiger partial charge in [-0.2, -0.15) is 0 Å². The van der Waals surface area contributed by atoms with Gasteiger partial charge in [-0.25, -0.2) is 4.39 Å². The van der Waals surface area contributed by atoms with Gasteiger partial charge in [0.1, 0.15) is 0 Å². The van der Waals surface area contributed by atoms with Crippen molar-refractivity contribution in [2.24, 2.45) is 0 Å². The monoisotopic (exact) mass is 244 g/mol. The Kier molecular flexibility index (Phi) is 5.56. The lowest BCUT2D eigenvalue weighted by molar-refractivity contribution is 0.316. The van der Waals surface area contributed by atoms with Gasteiger partial charge in [0, 0.05) is 13.1 Å². The molecule has 0 unspecified atom stereocenters. The number of hydrogen-bond acceptors (Lipinski definition) is 2. The first kappa shape index (κ1) is 13.3. The lowest BCUT2D eigenvalue weighted by atomic mass is 10.3. The molecular weight excluding hydrogens is 227 g/mol. The SMILES string of the molecule is CCN(CC)CCNc1cccc(Cl)c1F. The van der Waals surface area contributed by atoms with Crippen LogP contribution in [0.15, 0.2) is 18.2 Å². The van der Waals surface area contributed by atoms with Crippen LogP contribution in [0.1, 0.15) is 13.8 Å². The fourth-order valence-corrected chi connectivity index (χ4v) is 1.70. The summed E-state index contributed by atoms with van der Waals surface area (Å²) in [7, 11) is 0. The number of halogens is 2. The molecule has 0 aliphatic carbocycles. The average molecular weight is 245 g/mol. The van der Waals surface area contributed by atoms with Crippen molar-refractivity contribution in [2.75, 3.05) is 31.5 Å². The molecule has 90 valence electrons. The molecule has 1 N–H and O–H groups in total. The van der Waals surface area contributed by atoms with Gasteiger partial charge < -0.3 is 10.2 Å². The van der Waals surface area contributed by atoms with Crippen LogP contribution >= 0.6 is 11.6 Å². The van der Waals surface area contributed by atoms with Crippen LogP contribution in [0.5, 0.6) is 0 Å². The van der Waals surface area contributed by atoms with Gasteiger partial charge in [-0.05, 0) is 25.2 Å². The van der Waals surface area contributed by atoms with Crippen LogP contribution in [-0.2, 0) is 0 Å². The van der Waals surface area contributed by atoms with Gasteiger partial charge in [-0.15, -0.1) is 0 Å². The largest absolute Gasteiger partial charge is 0.381 e. The third-order valence-corrected chi connectivity index (χ3v) is 2.88. The molecule has 0 bridgehead atoms. The van der Waals surface area contributed by atoms with E-state index < -0.39 is 0 Å². The Morgan fingerprint density at radius 1 is 1.31 bits per heavy atom. The van der Waals surface area contributed by atoms with E-state index in [1.807, 2.05) is 0 Å². The van der Waals surface area contributed by atoms with Crippen LogP contribution in [0.3, 0.4) is 0 Å². The summed E-state index contributed by atoms with van der Waals surface area (Å²) in [4.78, 5) is 2.27. The number of likely N-dealkylation sites (N-methyl/N-ethyl adjacent to an activating group) is 1. The Labute approximate surface area is 101 Å². The number of hydrogen-bond donors (Lipinski definition) is 1. The maximum Gasteiger partial charge on any atom is 0.164 e. The summed E-state index contributed by atoms with van der Waals surface area (Å²) >= 11 is 5.68. The first-order chi connectivity index (χ1) is 7.69. The van der Waals surface area contributed by atoms with E-state index in [0.29, 0.717) is 5.69 Å². The van der Waals surface area contributed by atoms with E-state index >= 15 is 0 Å². The number of benzene rings is 1. The van der Waals surface area contributed by atoms with Gasteiger partial charge in [0.2, 0.25) is 0 Å². The third-order valence-electron chi connectivity index (χ3n) is 2.59. The second kappa shape index (κ2) is 6.71. The predicted octanol–water partition coefficient (Wildman–Crippen LogP) is 3.23. The highest BCUT2D eigenvalue weighted by Gasteiger charge is 2.05. The van der Waals surface area contributed by atoms with Crippen molar-refractivity contribution in [3.63, 3.8) is 0 Å². The number of nitrogens with zero attached hydrogens (tertiary/aromatic N) is 1. The molecule has 0 radical (unpaired) electrons. The molecule has 0 spiro atoms. The van der Waals surface area contributed by atoms with Crippen molar-refractivity contribution >= 4 is 17.3 Å². The Hall–Kier alpha value is -0.800. The first-order valence-corrected chi connectivity index (χ1v) is 5.97. The van der Waals surface area contributed by atoms with Crippen molar-refractivity contribution in [1.82, 2.24) is 4.90 Å². The molecule has 0 heterocycles. The summed E-state index contributed by atoms with van der Waals surface area (Å²) in [6, 6.07) is 4.99. The summed E-state index contributed by atoms with van der Waals surface area (Å²) in [5.74, 6) is -0.372. The van der Waals surface area contributed by atoms with Crippen LogP contribution in [0.2, 0.25) is 5.02 Å². The Balaban J connectivity index is 2.46. The third kappa shape index (κ3) is 3.65. The van der Waals surface area contributed by atoms with Crippen molar-refractivity contribution in [2.45, 2.75) is 13.8 Å². The van der Waals surface area contributed by atoms with Crippen LogP contribution in [-0.4, -0.2) is 31.1 Å². The normalized spacial score (nSPS) is 10.8. The molecule has 1 aromatic rings. The summed E-state index contributed by atoms with van der Waals surface area (Å²) in [6.07, 6.45) is 0. The van der Waals surface area contributed by atoms with E-state index in [1.165, 1.54) is 0 Å². The van der Waals surface area contributed by atoms with E-state index in [2.05, 4.69) is 24.1 Å². The first-order valence-electron chi connectivity index (χ1n) is 5.59. The van der Waals surface area contributed by atoms with E-state index in [9.17, 15) is 4.39 Å². The lowest BCUT2D eigenvalue weighted by Gasteiger charge is -2.18. The zero-order chi connectivity index (χ0) is 12.0. The molecule has 0 aromatic heterocycles. The molecule has 1 aromatic carbocycles. The highest BCUT2D eigenvalue weighted by atomic mass is 35.5. The molecule has 0 aliphatic rings. The van der Waals surface area contributed by atoms with Gasteiger partial charge in [-0.3, -0.25) is 0 Å². The van der Waals surface area contributed by atoms with Crippen LogP contribution in [0, 0.1) is 5.82 Å². The molecule has 0 amide bonds. The van der Waals surface area contributed by atoms with E-state index in [1.54, 1.807) is 18.2 Å². The zero-order valence-corrected chi connectivity index (χ0v) is 10.5. The fraction of sp³-hybridized carbons (Fsp3) is 0.500. The van der Waals surface area contributed by atoms with E-state index in [-0.39, 0.29) is 10.8 Å². The molecule has 0 aliphatic heterocycles. The van der Waals surface area contributed by atoms with Gasteiger partial charge in [-0.1, -0.05) is 31.5 Å². The van der Waals surface area contributed by atoms with E-state index in [0.717, 1.165) is 26.2 Å². The van der Waals surface area contributed by atoms with Crippen molar-refractivity contribution in [3.05, 3.63) is 29.0 Å². The van der Waals surface area contributed by atoms with Crippen LogP contribution in [0.25, 0.3) is 0 Å². The average Bonchev–Trinajstić information content (AvgIpc) is 2.30. The highest BCUT2D eigenvalue weighted by molar-refractivity contribution is 6.31. The smallest absolute Gasteiger partial charge is 0.164 e. The quantitative estimate of drug-likeness (QED) is 0.827. The summed E-state index contributed by atoms with van der Waals surface area (Å²) < 4.78 is 13.5. The fourth-order valence-electron chi connectivity index (χ4n) is 1.53. The Morgan fingerprint density at radius 2 is 2.00 bits per heavy atom. The summed E-state index contributed by atoms with van der Waals surface area (Å²) in [6.45, 7) is 7.87. The Morgan fingerprint density at radius 3 is 2.62 bits per heavy atom. The topological polar surface area (TPSA) is 15.3 Å². The lowest BCUT2D eigenvalue weighted by Crippen LogP contribution is -2.28. The van der Waals surface area contributed by atoms with Gasteiger partial charge in [0.15, 0.2) is 5.82 Å². The van der Waals surface area contributed by atoms with Crippen LogP contribution in [0.4, 0.5) is 10.1 Å². The molecular formula is C12H18ClFN2. The molecule has 0 saturated heterocycles. The predicted molar refractivity (Wildman–Crippen MR) is 67.7 cm³/mol. The molecule has 16 heavy (non-hydrogen) atoms. The summed E-state index contributed by atoms with van der Waals surface area (Å²) in [5, 5.41) is 3.21. The van der Waals surface area contributed by atoms with E-state index in [4.69, 9.17) is 11.6 Å². The molecule has 0 fully saturated rings. The molecule has 2 nitrogen and oxygen atoms in total. The van der Waals surface area contributed by atoms with Crippen molar-refractivity contribution in [1.29, 1.82) is 0 Å². The zero-order valence-electron chi connectivity index (χ0n) is 9.76. The minimum atomic E-state index is -0.372. The maximum absolute atomic E-state index is 13.5. The van der Waals surface area contributed by atoms with Gasteiger partial charge in [0.25, 0.3) is 0 Å². The Bertz CT molecular complexity index is 327. The molecule has 0 atom stereocenters.